The molecule has 2 aliphatic rings. The Kier molecular flexibility index (Phi) is 2.82. The van der Waals surface area contributed by atoms with Gasteiger partial charge in [-0.2, -0.15) is 10.2 Å². The molecule has 2 saturated carbocycles. The van der Waals surface area contributed by atoms with Crippen molar-refractivity contribution in [2.75, 3.05) is 7.05 Å². The van der Waals surface area contributed by atoms with Gasteiger partial charge in [-0.15, -0.1) is 6.58 Å². The van der Waals surface area contributed by atoms with Crippen molar-refractivity contribution in [2.24, 2.45) is 16.0 Å². The fraction of sp³-hybridized carbons (Fsp3) is 0.700. The van der Waals surface area contributed by atoms with E-state index in [1.54, 1.807) is 0 Å². The number of carbonyl (C=O) groups excluding carboxylic acids is 1. The van der Waals surface area contributed by atoms with Gasteiger partial charge in [-0.05, 0) is 12.8 Å². The molecular formula is C10H16N4O3S. The van der Waals surface area contributed by atoms with Crippen molar-refractivity contribution >= 4 is 15.9 Å². The van der Waals surface area contributed by atoms with E-state index in [9.17, 15) is 13.2 Å². The lowest BCUT2D eigenvalue weighted by atomic mass is 10.1. The highest BCUT2D eigenvalue weighted by atomic mass is 32.2. The summed E-state index contributed by atoms with van der Waals surface area (Å²) in [6.07, 6.45) is 2.79. The van der Waals surface area contributed by atoms with E-state index in [0.29, 0.717) is 12.8 Å². The third-order valence-electron chi connectivity index (χ3n) is 3.40. The molecule has 0 spiro atoms. The molecule has 2 aliphatic carbocycles. The molecular weight excluding hydrogens is 256 g/mol. The van der Waals surface area contributed by atoms with E-state index in [4.69, 9.17) is 5.73 Å². The Hall–Kier alpha value is -1.28. The predicted octanol–water partition coefficient (Wildman–Crippen LogP) is -0.297. The quantitative estimate of drug-likeness (QED) is 0.528. The summed E-state index contributed by atoms with van der Waals surface area (Å²) in [4.78, 5) is 12.1. The molecule has 0 bridgehead atoms. The summed E-state index contributed by atoms with van der Waals surface area (Å²) in [5.41, 5.74) is 3.55. The van der Waals surface area contributed by atoms with Crippen LogP contribution in [0.1, 0.15) is 19.3 Å². The van der Waals surface area contributed by atoms with Crippen molar-refractivity contribution in [2.45, 2.75) is 35.6 Å². The molecule has 2 rings (SSSR count). The molecule has 0 aromatic carbocycles. The number of nitrogens with zero attached hydrogens (tertiary/aromatic N) is 2. The van der Waals surface area contributed by atoms with Gasteiger partial charge in [-0.1, -0.05) is 6.08 Å². The SMILES string of the molecule is C=C[C@]1(N)C[C@]1(N=NC)C(=O)NS(=O)(=O)C1CC1. The van der Waals surface area contributed by atoms with Crippen LogP contribution in [0.25, 0.3) is 0 Å². The molecule has 0 radical (unpaired) electrons. The first-order chi connectivity index (χ1) is 8.31. The monoisotopic (exact) mass is 272 g/mol. The summed E-state index contributed by atoms with van der Waals surface area (Å²) >= 11 is 0. The molecule has 8 heteroatoms. The third kappa shape index (κ3) is 1.85. The predicted molar refractivity (Wildman–Crippen MR) is 65.3 cm³/mol. The fourth-order valence-electron chi connectivity index (χ4n) is 1.93. The van der Waals surface area contributed by atoms with Crippen LogP contribution in [0.3, 0.4) is 0 Å². The van der Waals surface area contributed by atoms with Gasteiger partial charge in [-0.3, -0.25) is 9.52 Å². The third-order valence-corrected chi connectivity index (χ3v) is 5.22. The smallest absolute Gasteiger partial charge is 0.265 e. The van der Waals surface area contributed by atoms with Crippen molar-refractivity contribution in [3.63, 3.8) is 0 Å². The van der Waals surface area contributed by atoms with Gasteiger partial charge >= 0.3 is 0 Å². The summed E-state index contributed by atoms with van der Waals surface area (Å²) in [5.74, 6) is -0.720. The number of amides is 1. The average Bonchev–Trinajstić information content (AvgIpc) is 3.14. The maximum atomic E-state index is 12.1. The van der Waals surface area contributed by atoms with Gasteiger partial charge in [0.2, 0.25) is 10.0 Å². The number of sulfonamides is 1. The van der Waals surface area contributed by atoms with Crippen molar-refractivity contribution in [1.82, 2.24) is 4.72 Å². The van der Waals surface area contributed by atoms with Crippen LogP contribution in [-0.4, -0.2) is 37.7 Å². The van der Waals surface area contributed by atoms with Gasteiger partial charge in [-0.25, -0.2) is 8.42 Å². The summed E-state index contributed by atoms with van der Waals surface area (Å²) in [5, 5.41) is 6.91. The zero-order chi connectivity index (χ0) is 13.6. The molecule has 18 heavy (non-hydrogen) atoms. The van der Waals surface area contributed by atoms with E-state index in [0.717, 1.165) is 0 Å². The first-order valence-corrected chi connectivity index (χ1v) is 7.15. The topological polar surface area (TPSA) is 114 Å². The Morgan fingerprint density at radius 3 is 2.56 bits per heavy atom. The molecule has 0 heterocycles. The van der Waals surface area contributed by atoms with E-state index < -0.39 is 32.3 Å². The molecule has 1 amide bonds. The molecule has 2 fully saturated rings. The summed E-state index contributed by atoms with van der Waals surface area (Å²) in [7, 11) is -2.19. The maximum Gasteiger partial charge on any atom is 0.265 e. The summed E-state index contributed by atoms with van der Waals surface area (Å²) < 4.78 is 25.5. The summed E-state index contributed by atoms with van der Waals surface area (Å²) in [6, 6.07) is 0. The van der Waals surface area contributed by atoms with E-state index in [1.165, 1.54) is 13.1 Å². The number of carbonyl (C=O) groups is 1. The normalized spacial score (nSPS) is 35.4. The lowest BCUT2D eigenvalue weighted by Gasteiger charge is -2.14. The molecule has 0 saturated heterocycles. The van der Waals surface area contributed by atoms with Crippen molar-refractivity contribution in [3.05, 3.63) is 12.7 Å². The van der Waals surface area contributed by atoms with E-state index in [-0.39, 0.29) is 6.42 Å². The van der Waals surface area contributed by atoms with Crippen LogP contribution < -0.4 is 10.5 Å². The van der Waals surface area contributed by atoms with Crippen LogP contribution >= 0.6 is 0 Å². The Labute approximate surface area is 106 Å². The molecule has 3 N–H and O–H groups in total. The number of nitrogens with two attached hydrogens (primary N) is 1. The van der Waals surface area contributed by atoms with Crippen molar-refractivity contribution in [3.8, 4) is 0 Å². The van der Waals surface area contributed by atoms with Crippen LogP contribution in [0, 0.1) is 0 Å². The zero-order valence-electron chi connectivity index (χ0n) is 10.1. The number of hydrogen-bond acceptors (Lipinski definition) is 6. The van der Waals surface area contributed by atoms with E-state index in [2.05, 4.69) is 16.8 Å². The van der Waals surface area contributed by atoms with E-state index >= 15 is 0 Å². The number of hydrogen-bond donors (Lipinski definition) is 2. The van der Waals surface area contributed by atoms with Gasteiger partial charge in [0, 0.05) is 13.5 Å². The zero-order valence-corrected chi connectivity index (χ0v) is 10.9. The largest absolute Gasteiger partial charge is 0.319 e. The molecule has 0 aromatic heterocycles. The minimum Gasteiger partial charge on any atom is -0.319 e. The second-order valence-corrected chi connectivity index (χ2v) is 6.72. The Morgan fingerprint density at radius 1 is 1.56 bits per heavy atom. The fourth-order valence-corrected chi connectivity index (χ4v) is 3.28. The molecule has 100 valence electrons. The van der Waals surface area contributed by atoms with Crippen LogP contribution in [0.15, 0.2) is 22.9 Å². The lowest BCUT2D eigenvalue weighted by Crippen LogP contribution is -2.47. The average molecular weight is 272 g/mol. The molecule has 0 aromatic rings. The number of rotatable bonds is 5. The standard InChI is InChI=1S/C10H16N4O3S/c1-3-9(11)6-10(9,14-12-2)8(15)13-18(16,17)7-4-5-7/h3,7H,1,4-6,11H2,2H3,(H,13,15)/t9-,10-/m0/s1. The lowest BCUT2D eigenvalue weighted by molar-refractivity contribution is -0.121. The van der Waals surface area contributed by atoms with Gasteiger partial charge in [0.15, 0.2) is 5.54 Å². The molecule has 7 nitrogen and oxygen atoms in total. The number of azo groups is 1. The highest BCUT2D eigenvalue weighted by Crippen LogP contribution is 2.50. The highest BCUT2D eigenvalue weighted by Gasteiger charge is 2.71. The van der Waals surface area contributed by atoms with Crippen molar-refractivity contribution < 1.29 is 13.2 Å². The molecule has 2 atom stereocenters. The van der Waals surface area contributed by atoms with Crippen LogP contribution in [-0.2, 0) is 14.8 Å². The van der Waals surface area contributed by atoms with E-state index in [1.807, 2.05) is 4.72 Å². The molecule has 0 aliphatic heterocycles. The minimum absolute atomic E-state index is 0.215. The Balaban J connectivity index is 2.19. The van der Waals surface area contributed by atoms with Gasteiger partial charge < -0.3 is 5.73 Å². The second-order valence-electron chi connectivity index (χ2n) is 4.76. The first kappa shape index (κ1) is 13.2. The number of nitrogens with one attached hydrogen (secondary N) is 1. The van der Waals surface area contributed by atoms with Crippen LogP contribution in [0.4, 0.5) is 0 Å². The Bertz CT molecular complexity index is 525. The molecule has 0 unspecified atom stereocenters. The highest BCUT2D eigenvalue weighted by molar-refractivity contribution is 7.90. The van der Waals surface area contributed by atoms with Gasteiger partial charge in [0.25, 0.3) is 5.91 Å². The van der Waals surface area contributed by atoms with Crippen LogP contribution in [0.5, 0.6) is 0 Å². The van der Waals surface area contributed by atoms with Crippen LogP contribution in [0.2, 0.25) is 0 Å². The summed E-state index contributed by atoms with van der Waals surface area (Å²) in [6.45, 7) is 3.54. The van der Waals surface area contributed by atoms with Gasteiger partial charge in [0.1, 0.15) is 0 Å². The van der Waals surface area contributed by atoms with Crippen molar-refractivity contribution in [1.29, 1.82) is 0 Å². The first-order valence-electron chi connectivity index (χ1n) is 5.61. The Morgan fingerprint density at radius 2 is 2.17 bits per heavy atom. The maximum absolute atomic E-state index is 12.1. The van der Waals surface area contributed by atoms with Gasteiger partial charge in [0.05, 0.1) is 10.8 Å². The second kappa shape index (κ2) is 3.86. The minimum atomic E-state index is -3.60.